The molecule has 0 saturated carbocycles. The number of rotatable bonds is 7. The fourth-order valence-corrected chi connectivity index (χ4v) is 4.68. The Balaban J connectivity index is 1.42. The molecule has 4 aromatic rings. The van der Waals surface area contributed by atoms with Gasteiger partial charge in [0.15, 0.2) is 0 Å². The SMILES string of the molecule is COc1ccc(CNC(=O)C[C@@H]2C(=O)N(Cc3ccccc3)[C@H](C)c3nc4ccccc4n32)cc1. The first-order valence-electron chi connectivity index (χ1n) is 11.8. The first-order valence-corrected chi connectivity index (χ1v) is 11.8. The van der Waals surface area contributed by atoms with Gasteiger partial charge < -0.3 is 19.5 Å². The molecule has 3 aromatic carbocycles. The summed E-state index contributed by atoms with van der Waals surface area (Å²) in [5.41, 5.74) is 3.70. The maximum Gasteiger partial charge on any atom is 0.247 e. The number of ether oxygens (including phenoxy) is 1. The van der Waals surface area contributed by atoms with Gasteiger partial charge in [-0.05, 0) is 42.3 Å². The van der Waals surface area contributed by atoms with Crippen molar-refractivity contribution in [3.63, 3.8) is 0 Å². The number of para-hydroxylation sites is 2. The molecular formula is C28H28N4O3. The van der Waals surface area contributed by atoms with E-state index in [1.54, 1.807) is 7.11 Å². The van der Waals surface area contributed by atoms with Crippen LogP contribution in [0.1, 0.15) is 42.4 Å². The standard InChI is InChI=1S/C28H28N4O3/c1-19-27-30-23-10-6-7-11-24(23)32(27)25(28(34)31(19)18-21-8-4-3-5-9-21)16-26(33)29-17-20-12-14-22(35-2)15-13-20/h3-15,19,25H,16-18H2,1-2H3,(H,29,33)/t19-,25-/m1/s1. The van der Waals surface area contributed by atoms with Crippen molar-refractivity contribution in [2.24, 2.45) is 0 Å². The number of nitrogens with zero attached hydrogens (tertiary/aromatic N) is 3. The van der Waals surface area contributed by atoms with Gasteiger partial charge >= 0.3 is 0 Å². The van der Waals surface area contributed by atoms with Crippen LogP contribution in [0.4, 0.5) is 0 Å². The summed E-state index contributed by atoms with van der Waals surface area (Å²) >= 11 is 0. The molecule has 178 valence electrons. The number of imidazole rings is 1. The molecule has 1 aliphatic rings. The number of carbonyl (C=O) groups is 2. The summed E-state index contributed by atoms with van der Waals surface area (Å²) in [5, 5.41) is 2.97. The topological polar surface area (TPSA) is 76.5 Å². The van der Waals surface area contributed by atoms with Gasteiger partial charge in [0.1, 0.15) is 17.6 Å². The molecule has 0 unspecified atom stereocenters. The summed E-state index contributed by atoms with van der Waals surface area (Å²) in [5.74, 6) is 1.31. The Hall–Kier alpha value is -4.13. The van der Waals surface area contributed by atoms with Crippen molar-refractivity contribution >= 4 is 22.8 Å². The van der Waals surface area contributed by atoms with Gasteiger partial charge in [-0.25, -0.2) is 4.98 Å². The van der Waals surface area contributed by atoms with Crippen molar-refractivity contribution in [1.29, 1.82) is 0 Å². The second-order valence-electron chi connectivity index (χ2n) is 8.80. The van der Waals surface area contributed by atoms with Crippen molar-refractivity contribution in [2.75, 3.05) is 7.11 Å². The van der Waals surface area contributed by atoms with Gasteiger partial charge in [-0.15, -0.1) is 0 Å². The highest BCUT2D eigenvalue weighted by Gasteiger charge is 2.40. The third-order valence-corrected chi connectivity index (χ3v) is 6.57. The number of benzene rings is 3. The lowest BCUT2D eigenvalue weighted by Gasteiger charge is -2.38. The lowest BCUT2D eigenvalue weighted by atomic mass is 10.0. The van der Waals surface area contributed by atoms with Crippen LogP contribution in [-0.2, 0) is 22.7 Å². The zero-order valence-electron chi connectivity index (χ0n) is 19.8. The predicted molar refractivity (Wildman–Crippen MR) is 134 cm³/mol. The number of hydrogen-bond donors (Lipinski definition) is 1. The van der Waals surface area contributed by atoms with E-state index in [1.165, 1.54) is 0 Å². The monoisotopic (exact) mass is 468 g/mol. The summed E-state index contributed by atoms with van der Waals surface area (Å²) in [4.78, 5) is 33.5. The first-order chi connectivity index (χ1) is 17.0. The van der Waals surface area contributed by atoms with E-state index in [4.69, 9.17) is 9.72 Å². The van der Waals surface area contributed by atoms with Gasteiger partial charge in [0.25, 0.3) is 0 Å². The summed E-state index contributed by atoms with van der Waals surface area (Å²) in [6.07, 6.45) is 0.0420. The average Bonchev–Trinajstić information content (AvgIpc) is 3.28. The minimum absolute atomic E-state index is 0.0420. The second-order valence-corrected chi connectivity index (χ2v) is 8.80. The van der Waals surface area contributed by atoms with Gasteiger partial charge in [-0.3, -0.25) is 9.59 Å². The van der Waals surface area contributed by atoms with Gasteiger partial charge in [-0.2, -0.15) is 0 Å². The third kappa shape index (κ3) is 4.49. The molecule has 7 heteroatoms. The Labute approximate surface area is 204 Å². The number of fused-ring (bicyclic) bond motifs is 3. The Morgan fingerprint density at radius 1 is 0.971 bits per heavy atom. The maximum atomic E-state index is 13.8. The van der Waals surface area contributed by atoms with Crippen LogP contribution in [-0.4, -0.2) is 33.4 Å². The molecule has 1 N–H and O–H groups in total. The molecule has 0 radical (unpaired) electrons. The highest BCUT2D eigenvalue weighted by atomic mass is 16.5. The molecule has 5 rings (SSSR count). The first kappa shape index (κ1) is 22.7. The normalized spacial score (nSPS) is 17.3. The molecule has 0 aliphatic carbocycles. The number of amides is 2. The highest BCUT2D eigenvalue weighted by molar-refractivity contribution is 5.90. The number of hydrogen-bond acceptors (Lipinski definition) is 4. The number of nitrogens with one attached hydrogen (secondary N) is 1. The van der Waals surface area contributed by atoms with Crippen molar-refractivity contribution < 1.29 is 14.3 Å². The Kier molecular flexibility index (Phi) is 6.23. The van der Waals surface area contributed by atoms with Gasteiger partial charge in [0.05, 0.1) is 30.6 Å². The number of methoxy groups -OCH3 is 1. The molecule has 0 bridgehead atoms. The quantitative estimate of drug-likeness (QED) is 0.436. The molecule has 2 amide bonds. The summed E-state index contributed by atoms with van der Waals surface area (Å²) in [7, 11) is 1.62. The molecule has 0 fully saturated rings. The van der Waals surface area contributed by atoms with Crippen LogP contribution in [0.25, 0.3) is 11.0 Å². The van der Waals surface area contributed by atoms with E-state index in [0.717, 1.165) is 33.7 Å². The molecule has 2 atom stereocenters. The van der Waals surface area contributed by atoms with Gasteiger partial charge in [-0.1, -0.05) is 54.6 Å². The predicted octanol–water partition coefficient (Wildman–Crippen LogP) is 4.40. The van der Waals surface area contributed by atoms with Gasteiger partial charge in [0.2, 0.25) is 11.8 Å². The largest absolute Gasteiger partial charge is 0.497 e. The second kappa shape index (κ2) is 9.62. The van der Waals surface area contributed by atoms with Crippen molar-refractivity contribution in [3.05, 3.63) is 95.8 Å². The van der Waals surface area contributed by atoms with Crippen LogP contribution < -0.4 is 10.1 Å². The molecule has 2 heterocycles. The van der Waals surface area contributed by atoms with Gasteiger partial charge in [0, 0.05) is 13.1 Å². The van der Waals surface area contributed by atoms with Crippen LogP contribution in [0.3, 0.4) is 0 Å². The Morgan fingerprint density at radius 2 is 1.69 bits per heavy atom. The molecular weight excluding hydrogens is 440 g/mol. The summed E-state index contributed by atoms with van der Waals surface area (Å²) in [6, 6.07) is 24.4. The summed E-state index contributed by atoms with van der Waals surface area (Å²) in [6.45, 7) is 2.85. The van der Waals surface area contributed by atoms with Crippen molar-refractivity contribution in [1.82, 2.24) is 19.8 Å². The van der Waals surface area contributed by atoms with Crippen LogP contribution in [0, 0.1) is 0 Å². The molecule has 0 spiro atoms. The average molecular weight is 469 g/mol. The van der Waals surface area contributed by atoms with E-state index in [2.05, 4.69) is 5.32 Å². The fourth-order valence-electron chi connectivity index (χ4n) is 4.68. The Bertz CT molecular complexity index is 1350. The minimum atomic E-state index is -0.659. The Morgan fingerprint density at radius 3 is 2.43 bits per heavy atom. The fraction of sp³-hybridized carbons (Fsp3) is 0.250. The van der Waals surface area contributed by atoms with Crippen LogP contribution in [0.2, 0.25) is 0 Å². The number of aromatic nitrogens is 2. The van der Waals surface area contributed by atoms with Crippen molar-refractivity contribution in [2.45, 2.75) is 38.5 Å². The number of carbonyl (C=O) groups excluding carboxylic acids is 2. The zero-order valence-corrected chi connectivity index (χ0v) is 19.8. The van der Waals surface area contributed by atoms with Crippen LogP contribution >= 0.6 is 0 Å². The van der Waals surface area contributed by atoms with E-state index < -0.39 is 6.04 Å². The lowest BCUT2D eigenvalue weighted by Crippen LogP contribution is -2.46. The maximum absolute atomic E-state index is 13.8. The third-order valence-electron chi connectivity index (χ3n) is 6.57. The minimum Gasteiger partial charge on any atom is -0.497 e. The lowest BCUT2D eigenvalue weighted by molar-refractivity contribution is -0.142. The molecule has 35 heavy (non-hydrogen) atoms. The highest BCUT2D eigenvalue weighted by Crippen LogP contribution is 2.37. The van der Waals surface area contributed by atoms with Crippen LogP contribution in [0.15, 0.2) is 78.9 Å². The van der Waals surface area contributed by atoms with E-state index in [1.807, 2.05) is 95.3 Å². The van der Waals surface area contributed by atoms with Crippen molar-refractivity contribution in [3.8, 4) is 5.75 Å². The van der Waals surface area contributed by atoms with E-state index >= 15 is 0 Å². The molecule has 7 nitrogen and oxygen atoms in total. The molecule has 1 aromatic heterocycles. The molecule has 0 saturated heterocycles. The van der Waals surface area contributed by atoms with E-state index in [-0.39, 0.29) is 24.3 Å². The summed E-state index contributed by atoms with van der Waals surface area (Å²) < 4.78 is 7.15. The zero-order chi connectivity index (χ0) is 24.4. The smallest absolute Gasteiger partial charge is 0.247 e. The van der Waals surface area contributed by atoms with E-state index in [9.17, 15) is 9.59 Å². The van der Waals surface area contributed by atoms with E-state index in [0.29, 0.717) is 13.1 Å². The molecule has 1 aliphatic heterocycles. The van der Waals surface area contributed by atoms with Crippen LogP contribution in [0.5, 0.6) is 5.75 Å².